The van der Waals surface area contributed by atoms with Gasteiger partial charge in [0.2, 0.25) is 0 Å². The predicted octanol–water partition coefficient (Wildman–Crippen LogP) is 11.2. The summed E-state index contributed by atoms with van der Waals surface area (Å²) in [5, 5.41) is 2.10. The number of aromatic nitrogens is 2. The van der Waals surface area contributed by atoms with Crippen LogP contribution in [0.5, 0.6) is 0 Å². The van der Waals surface area contributed by atoms with Crippen molar-refractivity contribution in [1.29, 1.82) is 0 Å². The van der Waals surface area contributed by atoms with Crippen molar-refractivity contribution in [3.63, 3.8) is 0 Å². The van der Waals surface area contributed by atoms with Crippen molar-refractivity contribution in [2.45, 2.75) is 0 Å². The fourth-order valence-electron chi connectivity index (χ4n) is 6.01. The number of para-hydroxylation sites is 4. The van der Waals surface area contributed by atoms with E-state index < -0.39 is 0 Å². The average Bonchev–Trinajstić information content (AvgIpc) is 3.82. The zero-order chi connectivity index (χ0) is 32.5. The Labute approximate surface area is 286 Å². The van der Waals surface area contributed by atoms with Gasteiger partial charge in [0.15, 0.2) is 0 Å². The lowest BCUT2D eigenvalue weighted by molar-refractivity contribution is 1.30. The van der Waals surface area contributed by atoms with Crippen LogP contribution >= 0.6 is 22.7 Å². The number of anilines is 8. The van der Waals surface area contributed by atoms with E-state index in [9.17, 15) is 0 Å². The van der Waals surface area contributed by atoms with Gasteiger partial charge in [-0.15, -0.1) is 22.7 Å². The molecule has 0 aliphatic rings. The number of fused-ring (bicyclic) bond motifs is 1. The Bertz CT molecular complexity index is 2080. The van der Waals surface area contributed by atoms with Gasteiger partial charge in [-0.1, -0.05) is 72.8 Å². The van der Waals surface area contributed by atoms with Crippen LogP contribution in [0.25, 0.3) is 31.9 Å². The number of rotatable bonds is 8. The first-order valence-corrected chi connectivity index (χ1v) is 17.1. The van der Waals surface area contributed by atoms with Crippen molar-refractivity contribution >= 4 is 77.8 Å². The number of nitrogen functional groups attached to an aromatic ring is 2. The van der Waals surface area contributed by atoms with E-state index >= 15 is 0 Å². The molecule has 0 aliphatic carbocycles. The van der Waals surface area contributed by atoms with Crippen LogP contribution in [0.15, 0.2) is 158 Å². The second-order valence-corrected chi connectivity index (χ2v) is 13.2. The van der Waals surface area contributed by atoms with Crippen molar-refractivity contribution in [3.05, 3.63) is 158 Å². The third-order valence-electron chi connectivity index (χ3n) is 8.18. The molecule has 0 amide bonds. The summed E-state index contributed by atoms with van der Waals surface area (Å²) in [6.45, 7) is 0. The molecule has 232 valence electrons. The summed E-state index contributed by atoms with van der Waals surface area (Å²) in [4.78, 5) is 16.1. The number of benzene rings is 5. The Balaban J connectivity index is 1.24. The minimum absolute atomic E-state index is 0.496. The van der Waals surface area contributed by atoms with Crippen molar-refractivity contribution < 1.29 is 0 Å². The molecule has 5 aromatic carbocycles. The molecule has 0 aliphatic heterocycles. The largest absolute Gasteiger partial charge is 0.396 e. The molecule has 8 heteroatoms. The van der Waals surface area contributed by atoms with E-state index in [1.165, 1.54) is 0 Å². The van der Waals surface area contributed by atoms with Gasteiger partial charge in [-0.2, -0.15) is 0 Å². The van der Waals surface area contributed by atoms with Crippen LogP contribution in [-0.4, -0.2) is 9.97 Å². The highest BCUT2D eigenvalue weighted by Gasteiger charge is 2.24. The van der Waals surface area contributed by atoms with Crippen LogP contribution < -0.4 is 21.3 Å². The number of hydrogen-bond donors (Lipinski definition) is 2. The third-order valence-corrected chi connectivity index (χ3v) is 10.4. The number of nitrogens with two attached hydrogens (primary N) is 2. The molecule has 8 aromatic rings. The third kappa shape index (κ3) is 5.33. The Kier molecular flexibility index (Phi) is 7.78. The quantitative estimate of drug-likeness (QED) is 0.158. The number of hydrogen-bond acceptors (Lipinski definition) is 8. The second kappa shape index (κ2) is 12.7. The molecule has 0 saturated heterocycles. The van der Waals surface area contributed by atoms with E-state index in [-0.39, 0.29) is 0 Å². The molecule has 0 bridgehead atoms. The highest BCUT2D eigenvalue weighted by Crippen LogP contribution is 2.50. The highest BCUT2D eigenvalue weighted by atomic mass is 32.1. The van der Waals surface area contributed by atoms with Gasteiger partial charge >= 0.3 is 0 Å². The molecule has 0 saturated carbocycles. The van der Waals surface area contributed by atoms with Crippen molar-refractivity contribution in [2.75, 3.05) is 21.3 Å². The minimum atomic E-state index is 0.496. The van der Waals surface area contributed by atoms with Gasteiger partial charge in [-0.05, 0) is 72.8 Å². The van der Waals surface area contributed by atoms with Crippen LogP contribution in [0.3, 0.4) is 0 Å². The second-order valence-electron chi connectivity index (χ2n) is 11.1. The maximum atomic E-state index is 6.97. The zero-order valence-corrected chi connectivity index (χ0v) is 27.4. The van der Waals surface area contributed by atoms with Gasteiger partial charge in [0.05, 0.1) is 11.4 Å². The molecule has 6 nitrogen and oxygen atoms in total. The Morgan fingerprint density at radius 2 is 0.708 bits per heavy atom. The molecule has 3 heterocycles. The summed E-state index contributed by atoms with van der Waals surface area (Å²) in [6.07, 6.45) is 3.43. The van der Waals surface area contributed by atoms with Crippen LogP contribution in [0, 0.1) is 0 Å². The van der Waals surface area contributed by atoms with Gasteiger partial charge < -0.3 is 21.3 Å². The van der Waals surface area contributed by atoms with E-state index in [0.29, 0.717) is 11.4 Å². The maximum Gasteiger partial charge on any atom is 0.101 e. The Morgan fingerprint density at radius 1 is 0.396 bits per heavy atom. The van der Waals surface area contributed by atoms with Crippen molar-refractivity contribution in [1.82, 2.24) is 9.97 Å². The van der Waals surface area contributed by atoms with Crippen LogP contribution in [0.4, 0.5) is 44.1 Å². The van der Waals surface area contributed by atoms with Crippen LogP contribution in [-0.2, 0) is 0 Å². The number of nitrogens with zero attached hydrogens (tertiary/aromatic N) is 4. The lowest BCUT2D eigenvalue weighted by atomic mass is 10.0. The molecule has 4 N–H and O–H groups in total. The molecule has 0 fully saturated rings. The standard InChI is InChI=1S/C40H30N6S2/c41-37-35(31-21-23-33(47-31)45(27-13-5-1-6-14-27)28-15-7-2-8-16-28)39-40(44-26-25-43-39)36(38(37)42)32-22-24-34(48-32)46(29-17-9-3-10-18-29)30-19-11-4-12-20-30/h1-26H,41-42H2. The van der Waals surface area contributed by atoms with Crippen LogP contribution in [0.2, 0.25) is 0 Å². The van der Waals surface area contributed by atoms with Crippen molar-refractivity contribution in [2.24, 2.45) is 0 Å². The minimum Gasteiger partial charge on any atom is -0.396 e. The van der Waals surface area contributed by atoms with E-state index in [1.54, 1.807) is 35.1 Å². The SMILES string of the molecule is Nc1c(N)c(-c2ccc(N(c3ccccc3)c3ccccc3)s2)c2nccnc2c1-c1ccc(N(c2ccccc2)c2ccccc2)s1. The molecule has 48 heavy (non-hydrogen) atoms. The molecule has 3 aromatic heterocycles. The van der Waals surface area contributed by atoms with Gasteiger partial charge in [0.1, 0.15) is 21.0 Å². The first-order chi connectivity index (χ1) is 23.7. The fraction of sp³-hybridized carbons (Fsp3) is 0. The van der Waals surface area contributed by atoms with Gasteiger partial charge in [0, 0.05) is 56.0 Å². The summed E-state index contributed by atoms with van der Waals surface area (Å²) >= 11 is 3.29. The van der Waals surface area contributed by atoms with E-state index in [0.717, 1.165) is 64.7 Å². The fourth-order valence-corrected chi connectivity index (χ4v) is 8.22. The lowest BCUT2D eigenvalue weighted by Crippen LogP contribution is -2.07. The molecule has 0 unspecified atom stereocenters. The summed E-state index contributed by atoms with van der Waals surface area (Å²) in [5.41, 5.74) is 22.2. The van der Waals surface area contributed by atoms with E-state index in [1.807, 2.05) is 24.3 Å². The van der Waals surface area contributed by atoms with Crippen molar-refractivity contribution in [3.8, 4) is 20.9 Å². The number of thiophene rings is 2. The molecule has 0 atom stereocenters. The van der Waals surface area contributed by atoms with E-state index in [2.05, 4.69) is 131 Å². The first-order valence-electron chi connectivity index (χ1n) is 15.5. The topological polar surface area (TPSA) is 84.3 Å². The highest BCUT2D eigenvalue weighted by molar-refractivity contribution is 7.20. The summed E-state index contributed by atoms with van der Waals surface area (Å²) in [7, 11) is 0. The Hall–Kier alpha value is -5.96. The smallest absolute Gasteiger partial charge is 0.101 e. The lowest BCUT2D eigenvalue weighted by Gasteiger charge is -2.23. The van der Waals surface area contributed by atoms with Gasteiger partial charge in [-0.3, -0.25) is 9.97 Å². The molecule has 8 rings (SSSR count). The summed E-state index contributed by atoms with van der Waals surface area (Å²) < 4.78 is 0. The molecule has 0 radical (unpaired) electrons. The summed E-state index contributed by atoms with van der Waals surface area (Å²) in [5.74, 6) is 0. The summed E-state index contributed by atoms with van der Waals surface area (Å²) in [6, 6.07) is 49.8. The normalized spacial score (nSPS) is 11.1. The van der Waals surface area contributed by atoms with Crippen LogP contribution in [0.1, 0.15) is 0 Å². The Morgan fingerprint density at radius 3 is 1.02 bits per heavy atom. The van der Waals surface area contributed by atoms with Gasteiger partial charge in [-0.25, -0.2) is 0 Å². The van der Waals surface area contributed by atoms with Gasteiger partial charge in [0.25, 0.3) is 0 Å². The monoisotopic (exact) mass is 658 g/mol. The molecular formula is C40H30N6S2. The van der Waals surface area contributed by atoms with E-state index in [4.69, 9.17) is 21.4 Å². The zero-order valence-electron chi connectivity index (χ0n) is 25.8. The maximum absolute atomic E-state index is 6.97. The molecular weight excluding hydrogens is 629 g/mol. The predicted molar refractivity (Wildman–Crippen MR) is 204 cm³/mol. The average molecular weight is 659 g/mol. The first kappa shape index (κ1) is 29.4. The molecule has 0 spiro atoms.